The van der Waals surface area contributed by atoms with Crippen LogP contribution in [0.25, 0.3) is 0 Å². The molecule has 0 aliphatic carbocycles. The van der Waals surface area contributed by atoms with Crippen molar-refractivity contribution in [3.63, 3.8) is 0 Å². The summed E-state index contributed by atoms with van der Waals surface area (Å²) >= 11 is 0. The molecule has 154 valence electrons. The first-order valence-corrected chi connectivity index (χ1v) is 9.66. The standard InChI is InChI=1S/C20H25N7O.HI/c21-19(26-12-14-27(15-13-26)20-23-7-3-8-24-20)22-9-11-25-10-6-16-4-1-2-5-17(16)18(25)28;/h1-5,7-8H,6,9-15H2,(H2,21,22);1H. The fourth-order valence-electron chi connectivity index (χ4n) is 3.66. The quantitative estimate of drug-likeness (QED) is 0.381. The number of nitrogens with two attached hydrogens (primary N) is 1. The average molecular weight is 507 g/mol. The Labute approximate surface area is 187 Å². The lowest BCUT2D eigenvalue weighted by Gasteiger charge is -2.35. The van der Waals surface area contributed by atoms with Crippen LogP contribution in [0.15, 0.2) is 47.7 Å². The van der Waals surface area contributed by atoms with Gasteiger partial charge in [-0.3, -0.25) is 9.79 Å². The monoisotopic (exact) mass is 507 g/mol. The molecule has 1 amide bonds. The summed E-state index contributed by atoms with van der Waals surface area (Å²) in [7, 11) is 0. The van der Waals surface area contributed by atoms with Gasteiger partial charge < -0.3 is 20.4 Å². The number of guanidine groups is 1. The Hall–Kier alpha value is -2.43. The van der Waals surface area contributed by atoms with E-state index < -0.39 is 0 Å². The molecule has 1 aromatic carbocycles. The van der Waals surface area contributed by atoms with Crippen LogP contribution in [0.2, 0.25) is 0 Å². The molecule has 8 nitrogen and oxygen atoms in total. The number of amides is 1. The zero-order valence-electron chi connectivity index (χ0n) is 16.3. The number of aliphatic imine (C=N–C) groups is 1. The molecule has 1 saturated heterocycles. The third kappa shape index (κ3) is 4.95. The number of anilines is 1. The number of hydrogen-bond acceptors (Lipinski definition) is 5. The van der Waals surface area contributed by atoms with Gasteiger partial charge in [-0.25, -0.2) is 9.97 Å². The van der Waals surface area contributed by atoms with Crippen molar-refractivity contribution in [1.29, 1.82) is 0 Å². The molecule has 2 aliphatic rings. The molecular formula is C20H26IN7O. The van der Waals surface area contributed by atoms with E-state index in [1.54, 1.807) is 12.4 Å². The van der Waals surface area contributed by atoms with Crippen LogP contribution in [0.1, 0.15) is 15.9 Å². The van der Waals surface area contributed by atoms with E-state index in [1.807, 2.05) is 35.2 Å². The van der Waals surface area contributed by atoms with Crippen molar-refractivity contribution in [3.05, 3.63) is 53.9 Å². The van der Waals surface area contributed by atoms with Crippen LogP contribution in [-0.2, 0) is 6.42 Å². The van der Waals surface area contributed by atoms with E-state index in [0.717, 1.165) is 56.2 Å². The van der Waals surface area contributed by atoms with Gasteiger partial charge in [0.2, 0.25) is 5.95 Å². The maximum absolute atomic E-state index is 12.6. The van der Waals surface area contributed by atoms with E-state index in [0.29, 0.717) is 19.0 Å². The second kappa shape index (κ2) is 9.86. The van der Waals surface area contributed by atoms with Crippen molar-refractivity contribution in [2.75, 3.05) is 50.7 Å². The van der Waals surface area contributed by atoms with Crippen molar-refractivity contribution in [2.45, 2.75) is 6.42 Å². The highest BCUT2D eigenvalue weighted by molar-refractivity contribution is 14.0. The van der Waals surface area contributed by atoms with E-state index in [2.05, 4.69) is 24.8 Å². The van der Waals surface area contributed by atoms with Gasteiger partial charge in [-0.05, 0) is 24.1 Å². The van der Waals surface area contributed by atoms with Crippen LogP contribution in [-0.4, -0.2) is 77.4 Å². The normalized spacial score (nSPS) is 17.0. The minimum Gasteiger partial charge on any atom is -0.370 e. The Morgan fingerprint density at radius 3 is 2.52 bits per heavy atom. The lowest BCUT2D eigenvalue weighted by Crippen LogP contribution is -2.51. The first-order valence-electron chi connectivity index (χ1n) is 9.66. The number of fused-ring (bicyclic) bond motifs is 1. The summed E-state index contributed by atoms with van der Waals surface area (Å²) in [5.41, 5.74) is 8.12. The van der Waals surface area contributed by atoms with Crippen molar-refractivity contribution < 1.29 is 4.79 Å². The summed E-state index contributed by atoms with van der Waals surface area (Å²) in [5, 5.41) is 0. The Kier molecular flexibility index (Phi) is 7.24. The second-order valence-corrected chi connectivity index (χ2v) is 6.96. The van der Waals surface area contributed by atoms with Crippen LogP contribution in [0.3, 0.4) is 0 Å². The zero-order valence-corrected chi connectivity index (χ0v) is 18.6. The number of hydrogen-bond donors (Lipinski definition) is 1. The van der Waals surface area contributed by atoms with Crippen LogP contribution in [0.5, 0.6) is 0 Å². The SMILES string of the molecule is I.NC(=NCCN1CCc2ccccc2C1=O)N1CCN(c2ncccn2)CC1. The van der Waals surface area contributed by atoms with Gasteiger partial charge in [-0.2, -0.15) is 0 Å². The van der Waals surface area contributed by atoms with Gasteiger partial charge in [-0.15, -0.1) is 24.0 Å². The van der Waals surface area contributed by atoms with Crippen LogP contribution < -0.4 is 10.6 Å². The average Bonchev–Trinajstić information content (AvgIpc) is 2.76. The minimum atomic E-state index is 0. The van der Waals surface area contributed by atoms with E-state index in [4.69, 9.17) is 5.73 Å². The van der Waals surface area contributed by atoms with Crippen LogP contribution >= 0.6 is 24.0 Å². The van der Waals surface area contributed by atoms with Gasteiger partial charge in [0.25, 0.3) is 5.91 Å². The summed E-state index contributed by atoms with van der Waals surface area (Å²) in [5.74, 6) is 1.38. The number of carbonyl (C=O) groups excluding carboxylic acids is 1. The predicted octanol–water partition coefficient (Wildman–Crippen LogP) is 1.23. The second-order valence-electron chi connectivity index (χ2n) is 6.96. The van der Waals surface area contributed by atoms with Crippen LogP contribution in [0.4, 0.5) is 5.95 Å². The molecule has 2 aromatic rings. The fourth-order valence-corrected chi connectivity index (χ4v) is 3.66. The third-order valence-electron chi connectivity index (χ3n) is 5.27. The van der Waals surface area contributed by atoms with E-state index in [9.17, 15) is 4.79 Å². The molecule has 0 radical (unpaired) electrons. The minimum absolute atomic E-state index is 0. The number of benzene rings is 1. The molecule has 1 aromatic heterocycles. The van der Waals surface area contributed by atoms with Crippen LogP contribution in [0, 0.1) is 0 Å². The Balaban J connectivity index is 0.00000240. The zero-order chi connectivity index (χ0) is 19.3. The molecule has 0 saturated carbocycles. The van der Waals surface area contributed by atoms with E-state index >= 15 is 0 Å². The van der Waals surface area contributed by atoms with Crippen molar-refractivity contribution >= 4 is 41.8 Å². The first kappa shape index (κ1) is 21.3. The summed E-state index contributed by atoms with van der Waals surface area (Å²) in [6.45, 7) is 5.02. The molecule has 0 atom stereocenters. The number of nitrogens with zero attached hydrogens (tertiary/aromatic N) is 6. The first-order chi connectivity index (χ1) is 13.7. The Morgan fingerprint density at radius 1 is 1.03 bits per heavy atom. The summed E-state index contributed by atoms with van der Waals surface area (Å²) < 4.78 is 0. The molecule has 2 aliphatic heterocycles. The maximum Gasteiger partial charge on any atom is 0.254 e. The summed E-state index contributed by atoms with van der Waals surface area (Å²) in [6, 6.07) is 9.64. The third-order valence-corrected chi connectivity index (χ3v) is 5.27. The van der Waals surface area contributed by atoms with Gasteiger partial charge in [0, 0.05) is 57.2 Å². The molecule has 29 heavy (non-hydrogen) atoms. The van der Waals surface area contributed by atoms with E-state index in [1.165, 1.54) is 0 Å². The lowest BCUT2D eigenvalue weighted by atomic mass is 9.99. The summed E-state index contributed by atoms with van der Waals surface area (Å²) in [6.07, 6.45) is 4.40. The van der Waals surface area contributed by atoms with Gasteiger partial charge in [0.05, 0.1) is 6.54 Å². The molecule has 3 heterocycles. The number of aromatic nitrogens is 2. The van der Waals surface area contributed by atoms with Gasteiger partial charge in [0.15, 0.2) is 5.96 Å². The number of rotatable bonds is 4. The van der Waals surface area contributed by atoms with Gasteiger partial charge in [-0.1, -0.05) is 18.2 Å². The smallest absolute Gasteiger partial charge is 0.254 e. The highest BCUT2D eigenvalue weighted by Crippen LogP contribution is 2.18. The highest BCUT2D eigenvalue weighted by Gasteiger charge is 2.23. The van der Waals surface area contributed by atoms with E-state index in [-0.39, 0.29) is 29.9 Å². The molecule has 4 rings (SSSR count). The van der Waals surface area contributed by atoms with Gasteiger partial charge >= 0.3 is 0 Å². The molecule has 0 unspecified atom stereocenters. The molecule has 1 fully saturated rings. The van der Waals surface area contributed by atoms with Crippen molar-refractivity contribution in [3.8, 4) is 0 Å². The fraction of sp³-hybridized carbons (Fsp3) is 0.400. The predicted molar refractivity (Wildman–Crippen MR) is 124 cm³/mol. The topological polar surface area (TPSA) is 91.0 Å². The van der Waals surface area contributed by atoms with Crippen molar-refractivity contribution in [1.82, 2.24) is 19.8 Å². The Bertz CT molecular complexity index is 853. The summed E-state index contributed by atoms with van der Waals surface area (Å²) in [4.78, 5) is 31.8. The Morgan fingerprint density at radius 2 is 1.76 bits per heavy atom. The highest BCUT2D eigenvalue weighted by atomic mass is 127. The maximum atomic E-state index is 12.6. The molecule has 0 bridgehead atoms. The number of piperazine rings is 1. The number of halogens is 1. The van der Waals surface area contributed by atoms with Crippen molar-refractivity contribution in [2.24, 2.45) is 10.7 Å². The van der Waals surface area contributed by atoms with Gasteiger partial charge in [0.1, 0.15) is 0 Å². The molecule has 9 heteroatoms. The molecule has 2 N–H and O–H groups in total. The molecule has 0 spiro atoms. The lowest BCUT2D eigenvalue weighted by molar-refractivity contribution is 0.0745. The molecular weight excluding hydrogens is 481 g/mol. The largest absolute Gasteiger partial charge is 0.370 e. The number of carbonyl (C=O) groups is 1.